The molecule has 0 N–H and O–H groups in total. The van der Waals surface area contributed by atoms with Crippen molar-refractivity contribution in [1.29, 1.82) is 0 Å². The van der Waals surface area contributed by atoms with Crippen LogP contribution in [0, 0.1) is 0 Å². The van der Waals surface area contributed by atoms with E-state index in [1.165, 1.54) is 16.0 Å². The first kappa shape index (κ1) is 14.7. The molecule has 0 aliphatic carbocycles. The van der Waals surface area contributed by atoms with Crippen molar-refractivity contribution in [2.75, 3.05) is 0 Å². The summed E-state index contributed by atoms with van der Waals surface area (Å²) in [6.45, 7) is 4.42. The maximum Gasteiger partial charge on any atom is 0.174 e. The number of rotatable bonds is 5. The first-order valence-electron chi connectivity index (χ1n) is 6.66. The topological polar surface area (TPSA) is 38.7 Å². The minimum Gasteiger partial charge on any atom is -0.244 e. The van der Waals surface area contributed by atoms with Gasteiger partial charge in [0, 0.05) is 22.4 Å². The van der Waals surface area contributed by atoms with Gasteiger partial charge in [-0.25, -0.2) is 4.98 Å². The highest BCUT2D eigenvalue weighted by Crippen LogP contribution is 2.31. The molecule has 0 atom stereocenters. The Bertz CT molecular complexity index is 687. The zero-order chi connectivity index (χ0) is 14.7. The Morgan fingerprint density at radius 3 is 2.67 bits per heavy atom. The van der Waals surface area contributed by atoms with Gasteiger partial charge in [-0.1, -0.05) is 61.2 Å². The highest BCUT2D eigenvalue weighted by molar-refractivity contribution is 8.00. The summed E-state index contributed by atoms with van der Waals surface area (Å²) in [4.78, 5) is 5.80. The van der Waals surface area contributed by atoms with E-state index < -0.39 is 0 Å². The van der Waals surface area contributed by atoms with Crippen LogP contribution in [0.2, 0.25) is 0 Å². The van der Waals surface area contributed by atoms with Gasteiger partial charge in [0.25, 0.3) is 0 Å². The predicted molar refractivity (Wildman–Crippen MR) is 91.1 cm³/mol. The molecule has 3 rings (SSSR count). The summed E-state index contributed by atoms with van der Waals surface area (Å²) in [7, 11) is 0. The molecule has 3 nitrogen and oxygen atoms in total. The van der Waals surface area contributed by atoms with Crippen LogP contribution < -0.4 is 0 Å². The molecule has 0 unspecified atom stereocenters. The van der Waals surface area contributed by atoms with Gasteiger partial charge in [0.05, 0.1) is 0 Å². The molecule has 0 saturated heterocycles. The largest absolute Gasteiger partial charge is 0.244 e. The van der Waals surface area contributed by atoms with Crippen molar-refractivity contribution >= 4 is 34.4 Å². The van der Waals surface area contributed by atoms with Crippen molar-refractivity contribution in [2.45, 2.75) is 29.9 Å². The van der Waals surface area contributed by atoms with E-state index in [4.69, 9.17) is 0 Å². The summed E-state index contributed by atoms with van der Waals surface area (Å²) in [6.07, 6.45) is 1.96. The van der Waals surface area contributed by atoms with E-state index >= 15 is 0 Å². The van der Waals surface area contributed by atoms with Gasteiger partial charge in [0.15, 0.2) is 4.34 Å². The zero-order valence-electron chi connectivity index (χ0n) is 11.8. The van der Waals surface area contributed by atoms with E-state index in [1.54, 1.807) is 39.9 Å². The molecule has 0 radical (unpaired) electrons. The number of hydrogen-bond acceptors (Lipinski definition) is 6. The Hall–Kier alpha value is -1.24. The highest BCUT2D eigenvalue weighted by Gasteiger charge is 2.07. The second-order valence-electron chi connectivity index (χ2n) is 4.90. The maximum absolute atomic E-state index is 4.53. The van der Waals surface area contributed by atoms with E-state index in [0.717, 1.165) is 15.1 Å². The Labute approximate surface area is 136 Å². The monoisotopic (exact) mass is 333 g/mol. The third-order valence-electron chi connectivity index (χ3n) is 3.06. The molecule has 0 amide bonds. The molecule has 0 aliphatic rings. The van der Waals surface area contributed by atoms with Crippen LogP contribution in [0.5, 0.6) is 0 Å². The van der Waals surface area contributed by atoms with Crippen molar-refractivity contribution in [3.63, 3.8) is 0 Å². The minimum atomic E-state index is 0.564. The summed E-state index contributed by atoms with van der Waals surface area (Å²) >= 11 is 5.03. The standard InChI is InChI=1S/C15H15N3S3/c1-10(2)11-3-5-12(6-4-11)14-16-7-13(21-14)8-19-15-18-17-9-20-15/h3-7,9-10H,8H2,1-2H3. The molecule has 0 spiro atoms. The minimum absolute atomic E-state index is 0.564. The van der Waals surface area contributed by atoms with Gasteiger partial charge in [0.2, 0.25) is 0 Å². The van der Waals surface area contributed by atoms with Crippen LogP contribution in [0.4, 0.5) is 0 Å². The van der Waals surface area contributed by atoms with Crippen molar-refractivity contribution in [2.24, 2.45) is 0 Å². The molecule has 6 heteroatoms. The number of thiazole rings is 1. The highest BCUT2D eigenvalue weighted by atomic mass is 32.2. The number of nitrogens with zero attached hydrogens (tertiary/aromatic N) is 3. The molecule has 1 aromatic carbocycles. The lowest BCUT2D eigenvalue weighted by Gasteiger charge is -2.05. The second-order valence-corrected chi connectivity index (χ2v) is 8.07. The Morgan fingerprint density at radius 2 is 2.00 bits per heavy atom. The summed E-state index contributed by atoms with van der Waals surface area (Å²) in [5.41, 5.74) is 4.32. The lowest BCUT2D eigenvalue weighted by Crippen LogP contribution is -1.86. The van der Waals surface area contributed by atoms with Crippen LogP contribution in [-0.4, -0.2) is 15.2 Å². The average Bonchev–Trinajstić information content (AvgIpc) is 3.17. The van der Waals surface area contributed by atoms with Crippen LogP contribution in [0.15, 0.2) is 40.3 Å². The molecular formula is C15H15N3S3. The van der Waals surface area contributed by atoms with Gasteiger partial charge in [-0.2, -0.15) is 0 Å². The average molecular weight is 334 g/mol. The number of aromatic nitrogens is 3. The van der Waals surface area contributed by atoms with E-state index in [1.807, 2.05) is 6.20 Å². The van der Waals surface area contributed by atoms with Crippen molar-refractivity contribution in [3.8, 4) is 10.6 Å². The molecular weight excluding hydrogens is 318 g/mol. The molecule has 2 heterocycles. The number of benzene rings is 1. The lowest BCUT2D eigenvalue weighted by atomic mass is 10.0. The molecule has 0 fully saturated rings. The van der Waals surface area contributed by atoms with Crippen LogP contribution in [0.1, 0.15) is 30.2 Å². The molecule has 2 aromatic heterocycles. The molecule has 108 valence electrons. The summed E-state index contributed by atoms with van der Waals surface area (Å²) < 4.78 is 1.01. The molecule has 0 saturated carbocycles. The fraction of sp³-hybridized carbons (Fsp3) is 0.267. The summed E-state index contributed by atoms with van der Waals surface area (Å²) in [6, 6.07) is 8.71. The van der Waals surface area contributed by atoms with Crippen LogP contribution in [0.25, 0.3) is 10.6 Å². The fourth-order valence-corrected chi connectivity index (χ4v) is 4.30. The van der Waals surface area contributed by atoms with Gasteiger partial charge >= 0.3 is 0 Å². The van der Waals surface area contributed by atoms with Gasteiger partial charge < -0.3 is 0 Å². The normalized spacial score (nSPS) is 11.2. The third-order valence-corrected chi connectivity index (χ3v) is 6.19. The van der Waals surface area contributed by atoms with E-state index in [9.17, 15) is 0 Å². The van der Waals surface area contributed by atoms with Crippen molar-refractivity contribution < 1.29 is 0 Å². The molecule has 0 bridgehead atoms. The van der Waals surface area contributed by atoms with E-state index in [0.29, 0.717) is 5.92 Å². The molecule has 3 aromatic rings. The predicted octanol–water partition coefficient (Wildman–Crippen LogP) is 5.08. The van der Waals surface area contributed by atoms with Gasteiger partial charge in [-0.3, -0.25) is 0 Å². The first-order chi connectivity index (χ1) is 10.2. The summed E-state index contributed by atoms with van der Waals surface area (Å²) in [5.74, 6) is 1.46. The van der Waals surface area contributed by atoms with Crippen molar-refractivity contribution in [3.05, 3.63) is 46.4 Å². The van der Waals surface area contributed by atoms with E-state index in [-0.39, 0.29) is 0 Å². The van der Waals surface area contributed by atoms with Crippen molar-refractivity contribution in [1.82, 2.24) is 15.2 Å². The third kappa shape index (κ3) is 3.70. The molecule has 0 aliphatic heterocycles. The van der Waals surface area contributed by atoms with Crippen LogP contribution in [0.3, 0.4) is 0 Å². The van der Waals surface area contributed by atoms with Gasteiger partial charge in [-0.15, -0.1) is 21.5 Å². The van der Waals surface area contributed by atoms with E-state index in [2.05, 4.69) is 53.3 Å². The fourth-order valence-electron chi connectivity index (χ4n) is 1.88. The van der Waals surface area contributed by atoms with Gasteiger partial charge in [0.1, 0.15) is 10.5 Å². The Kier molecular flexibility index (Phi) is 4.67. The molecule has 21 heavy (non-hydrogen) atoms. The summed E-state index contributed by atoms with van der Waals surface area (Å²) in [5, 5.41) is 8.96. The van der Waals surface area contributed by atoms with Crippen LogP contribution >= 0.6 is 34.4 Å². The number of hydrogen-bond donors (Lipinski definition) is 0. The second kappa shape index (κ2) is 6.68. The number of thioether (sulfide) groups is 1. The smallest absolute Gasteiger partial charge is 0.174 e. The quantitative estimate of drug-likeness (QED) is 0.611. The van der Waals surface area contributed by atoms with Crippen LogP contribution in [-0.2, 0) is 5.75 Å². The SMILES string of the molecule is CC(C)c1ccc(-c2ncc(CSc3nncs3)s2)cc1. The first-order valence-corrected chi connectivity index (χ1v) is 9.34. The Balaban J connectivity index is 1.69. The Morgan fingerprint density at radius 1 is 1.19 bits per heavy atom. The van der Waals surface area contributed by atoms with Gasteiger partial charge in [-0.05, 0) is 11.5 Å². The zero-order valence-corrected chi connectivity index (χ0v) is 14.3. The maximum atomic E-state index is 4.53. The lowest BCUT2D eigenvalue weighted by molar-refractivity contribution is 0.867.